The Hall–Kier alpha value is -1.01. The third-order valence-electron chi connectivity index (χ3n) is 1.44. The van der Waals surface area contributed by atoms with Crippen molar-refractivity contribution in [2.45, 2.75) is 6.43 Å². The number of anilines is 1. The lowest BCUT2D eigenvalue weighted by Crippen LogP contribution is -2.14. The van der Waals surface area contributed by atoms with Crippen molar-refractivity contribution in [2.75, 3.05) is 25.1 Å². The maximum Gasteiger partial charge on any atom is 0.261 e. The Morgan fingerprint density at radius 2 is 2.13 bits per heavy atom. The van der Waals surface area contributed by atoms with Crippen molar-refractivity contribution < 1.29 is 13.5 Å². The van der Waals surface area contributed by atoms with Crippen LogP contribution < -0.4 is 5.32 Å². The summed E-state index contributed by atoms with van der Waals surface area (Å²) in [7, 11) is 0. The molecule has 0 amide bonds. The van der Waals surface area contributed by atoms with Crippen molar-refractivity contribution in [1.82, 2.24) is 9.97 Å². The monoisotopic (exact) mass is 237 g/mol. The number of aromatic nitrogens is 2. The van der Waals surface area contributed by atoms with E-state index in [1.54, 1.807) is 0 Å². The molecule has 0 aromatic carbocycles. The summed E-state index contributed by atoms with van der Waals surface area (Å²) in [5.74, 6) is 0.416. The van der Waals surface area contributed by atoms with E-state index in [0.717, 1.165) is 0 Å². The van der Waals surface area contributed by atoms with Crippen molar-refractivity contribution in [2.24, 2.45) is 0 Å². The van der Waals surface area contributed by atoms with Crippen molar-refractivity contribution in [3.05, 3.63) is 17.5 Å². The van der Waals surface area contributed by atoms with Gasteiger partial charge in [-0.3, -0.25) is 0 Å². The molecule has 0 unspecified atom stereocenters. The van der Waals surface area contributed by atoms with Crippen LogP contribution >= 0.6 is 11.6 Å². The average Bonchev–Trinajstić information content (AvgIpc) is 2.20. The molecule has 1 aromatic rings. The molecule has 0 saturated carbocycles. The molecule has 0 aliphatic heterocycles. The van der Waals surface area contributed by atoms with Crippen LogP contribution in [-0.2, 0) is 4.74 Å². The van der Waals surface area contributed by atoms with Gasteiger partial charge in [0.05, 0.1) is 6.61 Å². The van der Waals surface area contributed by atoms with E-state index < -0.39 is 13.0 Å². The number of rotatable bonds is 6. The summed E-state index contributed by atoms with van der Waals surface area (Å²) in [6.45, 7) is -0.0434. The van der Waals surface area contributed by atoms with Gasteiger partial charge in [0.1, 0.15) is 6.61 Å². The highest BCUT2D eigenvalue weighted by atomic mass is 35.5. The first-order valence-electron chi connectivity index (χ1n) is 4.26. The van der Waals surface area contributed by atoms with Gasteiger partial charge < -0.3 is 10.1 Å². The van der Waals surface area contributed by atoms with Gasteiger partial charge in [0.2, 0.25) is 0 Å². The van der Waals surface area contributed by atoms with Gasteiger partial charge in [-0.15, -0.1) is 0 Å². The summed E-state index contributed by atoms with van der Waals surface area (Å²) >= 11 is 5.69. The lowest BCUT2D eigenvalue weighted by atomic mass is 10.6. The largest absolute Gasteiger partial charge is 0.374 e. The second kappa shape index (κ2) is 6.47. The smallest absolute Gasteiger partial charge is 0.261 e. The van der Waals surface area contributed by atoms with E-state index in [4.69, 9.17) is 11.6 Å². The molecule has 0 bridgehead atoms. The Labute approximate surface area is 90.6 Å². The first-order chi connectivity index (χ1) is 7.20. The molecule has 84 valence electrons. The molecule has 1 N–H and O–H groups in total. The molecule has 0 fully saturated rings. The standard InChI is InChI=1S/C8H10ClF2N3O/c9-7-8(13-2-1-12-7)14-3-4-15-5-6(10)11/h1-2,6H,3-5H2,(H,13,14). The minimum absolute atomic E-state index is 0.164. The lowest BCUT2D eigenvalue weighted by molar-refractivity contribution is 0.0215. The van der Waals surface area contributed by atoms with E-state index in [1.165, 1.54) is 12.4 Å². The van der Waals surface area contributed by atoms with E-state index in [0.29, 0.717) is 12.4 Å². The Bertz CT molecular complexity index is 301. The summed E-state index contributed by atoms with van der Waals surface area (Å²) in [5.41, 5.74) is 0. The van der Waals surface area contributed by atoms with Crippen LogP contribution in [0.25, 0.3) is 0 Å². The molecule has 1 rings (SSSR count). The van der Waals surface area contributed by atoms with E-state index in [1.807, 2.05) is 0 Å². The van der Waals surface area contributed by atoms with E-state index in [2.05, 4.69) is 20.0 Å². The normalized spacial score (nSPS) is 10.7. The zero-order valence-corrected chi connectivity index (χ0v) is 8.55. The fourth-order valence-corrected chi connectivity index (χ4v) is 1.03. The molecule has 4 nitrogen and oxygen atoms in total. The molecular weight excluding hydrogens is 228 g/mol. The molecule has 7 heteroatoms. The minimum atomic E-state index is -2.44. The fourth-order valence-electron chi connectivity index (χ4n) is 0.854. The Kier molecular flexibility index (Phi) is 5.20. The van der Waals surface area contributed by atoms with Crippen LogP contribution in [0.3, 0.4) is 0 Å². The highest BCUT2D eigenvalue weighted by Crippen LogP contribution is 2.13. The van der Waals surface area contributed by atoms with Crippen LogP contribution in [0.15, 0.2) is 12.4 Å². The van der Waals surface area contributed by atoms with Crippen molar-refractivity contribution in [1.29, 1.82) is 0 Å². The Balaban J connectivity index is 2.18. The molecule has 0 aliphatic rings. The highest BCUT2D eigenvalue weighted by Gasteiger charge is 2.02. The maximum absolute atomic E-state index is 11.7. The SMILES string of the molecule is FC(F)COCCNc1nccnc1Cl. The lowest BCUT2D eigenvalue weighted by Gasteiger charge is -2.06. The zero-order chi connectivity index (χ0) is 11.1. The summed E-state index contributed by atoms with van der Waals surface area (Å²) in [6, 6.07) is 0. The van der Waals surface area contributed by atoms with E-state index in [9.17, 15) is 8.78 Å². The third kappa shape index (κ3) is 4.85. The second-order valence-electron chi connectivity index (χ2n) is 2.59. The quantitative estimate of drug-likeness (QED) is 0.767. The van der Waals surface area contributed by atoms with Gasteiger partial charge in [0.25, 0.3) is 6.43 Å². The summed E-state index contributed by atoms with van der Waals surface area (Å²) in [6.07, 6.45) is 0.500. The number of alkyl halides is 2. The van der Waals surface area contributed by atoms with E-state index >= 15 is 0 Å². The molecule has 0 atom stereocenters. The number of nitrogens with zero attached hydrogens (tertiary/aromatic N) is 2. The molecule has 1 aromatic heterocycles. The predicted molar refractivity (Wildman–Crippen MR) is 52.4 cm³/mol. The topological polar surface area (TPSA) is 47.0 Å². The number of ether oxygens (including phenoxy) is 1. The van der Waals surface area contributed by atoms with Gasteiger partial charge in [0, 0.05) is 18.9 Å². The van der Waals surface area contributed by atoms with Crippen molar-refractivity contribution in [3.8, 4) is 0 Å². The average molecular weight is 238 g/mol. The van der Waals surface area contributed by atoms with Crippen LogP contribution in [0.4, 0.5) is 14.6 Å². The molecule has 15 heavy (non-hydrogen) atoms. The number of halogens is 3. The second-order valence-corrected chi connectivity index (χ2v) is 2.95. The van der Waals surface area contributed by atoms with Gasteiger partial charge in [0.15, 0.2) is 11.0 Å². The van der Waals surface area contributed by atoms with Gasteiger partial charge in [-0.25, -0.2) is 18.7 Å². The van der Waals surface area contributed by atoms with Crippen LogP contribution in [0.5, 0.6) is 0 Å². The predicted octanol–water partition coefficient (Wildman–Crippen LogP) is 1.82. The molecule has 0 aliphatic carbocycles. The van der Waals surface area contributed by atoms with Crippen LogP contribution in [-0.4, -0.2) is 36.2 Å². The number of hydrogen-bond donors (Lipinski definition) is 1. The summed E-state index contributed by atoms with van der Waals surface area (Å²) in [4.78, 5) is 7.69. The van der Waals surface area contributed by atoms with Crippen molar-refractivity contribution in [3.63, 3.8) is 0 Å². The highest BCUT2D eigenvalue weighted by molar-refractivity contribution is 6.31. The number of hydrogen-bond acceptors (Lipinski definition) is 4. The van der Waals surface area contributed by atoms with Gasteiger partial charge in [-0.1, -0.05) is 11.6 Å². The van der Waals surface area contributed by atoms with Gasteiger partial charge in [-0.05, 0) is 0 Å². The summed E-state index contributed by atoms with van der Waals surface area (Å²) < 4.78 is 28.0. The van der Waals surface area contributed by atoms with E-state index in [-0.39, 0.29) is 11.8 Å². The van der Waals surface area contributed by atoms with Crippen LogP contribution in [0, 0.1) is 0 Å². The van der Waals surface area contributed by atoms with Crippen LogP contribution in [0.2, 0.25) is 5.15 Å². The van der Waals surface area contributed by atoms with Crippen LogP contribution in [0.1, 0.15) is 0 Å². The Morgan fingerprint density at radius 3 is 2.80 bits per heavy atom. The van der Waals surface area contributed by atoms with Gasteiger partial charge >= 0.3 is 0 Å². The third-order valence-corrected chi connectivity index (χ3v) is 1.71. The molecular formula is C8H10ClF2N3O. The maximum atomic E-state index is 11.7. The Morgan fingerprint density at radius 1 is 1.40 bits per heavy atom. The molecule has 1 heterocycles. The first kappa shape index (κ1) is 12.1. The molecule has 0 saturated heterocycles. The summed E-state index contributed by atoms with van der Waals surface area (Å²) in [5, 5.41) is 3.05. The molecule has 0 spiro atoms. The number of nitrogens with one attached hydrogen (secondary N) is 1. The zero-order valence-electron chi connectivity index (χ0n) is 7.79. The van der Waals surface area contributed by atoms with Crippen molar-refractivity contribution >= 4 is 17.4 Å². The first-order valence-corrected chi connectivity index (χ1v) is 4.64. The molecule has 0 radical (unpaired) electrons. The fraction of sp³-hybridized carbons (Fsp3) is 0.500. The minimum Gasteiger partial charge on any atom is -0.374 e. The van der Waals surface area contributed by atoms with Gasteiger partial charge in [-0.2, -0.15) is 0 Å².